The quantitative estimate of drug-likeness (QED) is 0.729. The maximum absolute atomic E-state index is 14.1. The van der Waals surface area contributed by atoms with E-state index in [-0.39, 0.29) is 17.5 Å². The number of ketones is 1. The molecule has 130 valence electrons. The summed E-state index contributed by atoms with van der Waals surface area (Å²) in [5.74, 6) is -4.99. The Balaban J connectivity index is 1.74. The van der Waals surface area contributed by atoms with Crippen LogP contribution in [0.25, 0.3) is 6.08 Å². The molecule has 1 fully saturated rings. The number of allylic oxidation sites excluding steroid dienone is 1. The standard InChI is InChI=1S/C18H16F2N2O2S/c1-12(23)22(15-8-9-15)17-21-14(11-25-17)7-10-16(24)18(19,20)13-5-3-2-4-6-13/h2-7,10-11,15H,8-9H2,1H3. The molecule has 0 spiro atoms. The summed E-state index contributed by atoms with van der Waals surface area (Å²) >= 11 is 1.25. The number of aromatic nitrogens is 1. The number of benzene rings is 1. The molecule has 1 aromatic carbocycles. The fourth-order valence-electron chi connectivity index (χ4n) is 2.40. The molecular formula is C18H16F2N2O2S. The summed E-state index contributed by atoms with van der Waals surface area (Å²) in [7, 11) is 0. The van der Waals surface area contributed by atoms with Gasteiger partial charge in [0.2, 0.25) is 11.7 Å². The first kappa shape index (κ1) is 17.4. The van der Waals surface area contributed by atoms with E-state index < -0.39 is 11.7 Å². The molecule has 1 saturated carbocycles. The Morgan fingerprint density at radius 1 is 1.28 bits per heavy atom. The van der Waals surface area contributed by atoms with Gasteiger partial charge in [-0.25, -0.2) is 4.98 Å². The van der Waals surface area contributed by atoms with Crippen molar-refractivity contribution in [1.29, 1.82) is 0 Å². The summed E-state index contributed by atoms with van der Waals surface area (Å²) in [4.78, 5) is 29.5. The number of rotatable bonds is 6. The van der Waals surface area contributed by atoms with Gasteiger partial charge in [0.25, 0.3) is 0 Å². The molecule has 0 N–H and O–H groups in total. The Morgan fingerprint density at radius 3 is 2.56 bits per heavy atom. The molecule has 0 atom stereocenters. The number of carbonyl (C=O) groups excluding carboxylic acids is 2. The Kier molecular flexibility index (Phi) is 4.76. The number of halogens is 2. The van der Waals surface area contributed by atoms with E-state index in [1.165, 1.54) is 48.6 Å². The predicted molar refractivity (Wildman–Crippen MR) is 92.7 cm³/mol. The van der Waals surface area contributed by atoms with Crippen LogP contribution in [0.5, 0.6) is 0 Å². The van der Waals surface area contributed by atoms with Crippen molar-refractivity contribution in [3.05, 3.63) is 53.0 Å². The zero-order chi connectivity index (χ0) is 18.0. The minimum atomic E-state index is -3.59. The Labute approximate surface area is 147 Å². The fraction of sp³-hybridized carbons (Fsp3) is 0.278. The highest BCUT2D eigenvalue weighted by Gasteiger charge is 2.38. The number of nitrogens with zero attached hydrogens (tertiary/aromatic N) is 2. The number of amides is 1. The molecule has 1 aliphatic carbocycles. The highest BCUT2D eigenvalue weighted by atomic mass is 32.1. The first-order valence-corrected chi connectivity index (χ1v) is 8.68. The van der Waals surface area contributed by atoms with E-state index in [2.05, 4.69) is 4.98 Å². The largest absolute Gasteiger partial charge is 0.334 e. The average Bonchev–Trinajstić information content (AvgIpc) is 3.31. The van der Waals surface area contributed by atoms with Gasteiger partial charge < -0.3 is 0 Å². The van der Waals surface area contributed by atoms with Crippen LogP contribution < -0.4 is 4.90 Å². The summed E-state index contributed by atoms with van der Waals surface area (Å²) in [5, 5.41) is 2.16. The van der Waals surface area contributed by atoms with Crippen molar-refractivity contribution in [2.45, 2.75) is 31.7 Å². The topological polar surface area (TPSA) is 50.3 Å². The molecule has 0 unspecified atom stereocenters. The third kappa shape index (κ3) is 3.82. The van der Waals surface area contributed by atoms with Crippen molar-refractivity contribution in [3.8, 4) is 0 Å². The van der Waals surface area contributed by atoms with Crippen molar-refractivity contribution in [2.75, 3.05) is 4.90 Å². The maximum Gasteiger partial charge on any atom is 0.334 e. The molecule has 0 bridgehead atoms. The molecule has 2 aromatic rings. The van der Waals surface area contributed by atoms with Gasteiger partial charge in [-0.2, -0.15) is 8.78 Å². The third-order valence-electron chi connectivity index (χ3n) is 3.82. The first-order valence-electron chi connectivity index (χ1n) is 7.81. The lowest BCUT2D eigenvalue weighted by molar-refractivity contribution is -0.138. The van der Waals surface area contributed by atoms with Gasteiger partial charge in [-0.05, 0) is 25.0 Å². The zero-order valence-electron chi connectivity index (χ0n) is 13.5. The molecule has 1 amide bonds. The number of carbonyl (C=O) groups is 2. The molecular weight excluding hydrogens is 346 g/mol. The van der Waals surface area contributed by atoms with Gasteiger partial charge in [0.15, 0.2) is 5.13 Å². The number of hydrogen-bond donors (Lipinski definition) is 0. The molecule has 25 heavy (non-hydrogen) atoms. The van der Waals surface area contributed by atoms with Crippen LogP contribution in [0.3, 0.4) is 0 Å². The number of hydrogen-bond acceptors (Lipinski definition) is 4. The van der Waals surface area contributed by atoms with E-state index in [4.69, 9.17) is 0 Å². The van der Waals surface area contributed by atoms with Crippen LogP contribution in [0.2, 0.25) is 0 Å². The van der Waals surface area contributed by atoms with Crippen molar-refractivity contribution in [3.63, 3.8) is 0 Å². The molecule has 0 aliphatic heterocycles. The van der Waals surface area contributed by atoms with Crippen LogP contribution in [0.15, 0.2) is 41.8 Å². The van der Waals surface area contributed by atoms with E-state index in [0.29, 0.717) is 10.8 Å². The van der Waals surface area contributed by atoms with Gasteiger partial charge in [-0.3, -0.25) is 14.5 Å². The van der Waals surface area contributed by atoms with E-state index in [1.54, 1.807) is 16.3 Å². The molecule has 0 saturated heterocycles. The van der Waals surface area contributed by atoms with Gasteiger partial charge in [0, 0.05) is 23.9 Å². The van der Waals surface area contributed by atoms with Crippen LogP contribution in [0.1, 0.15) is 31.0 Å². The zero-order valence-corrected chi connectivity index (χ0v) is 14.3. The lowest BCUT2D eigenvalue weighted by Gasteiger charge is -2.16. The lowest BCUT2D eigenvalue weighted by Crippen LogP contribution is -2.30. The summed E-state index contributed by atoms with van der Waals surface area (Å²) in [6.07, 6.45) is 3.96. The van der Waals surface area contributed by atoms with E-state index in [0.717, 1.165) is 18.9 Å². The molecule has 1 aromatic heterocycles. The first-order chi connectivity index (χ1) is 11.9. The monoisotopic (exact) mass is 362 g/mol. The van der Waals surface area contributed by atoms with Gasteiger partial charge in [-0.1, -0.05) is 30.3 Å². The van der Waals surface area contributed by atoms with Crippen molar-refractivity contribution < 1.29 is 18.4 Å². The Bertz CT molecular complexity index is 813. The number of anilines is 1. The molecule has 1 heterocycles. The summed E-state index contributed by atoms with van der Waals surface area (Å²) in [6, 6.07) is 7.13. The average molecular weight is 362 g/mol. The number of alkyl halides is 2. The van der Waals surface area contributed by atoms with Crippen LogP contribution in [-0.4, -0.2) is 22.7 Å². The van der Waals surface area contributed by atoms with Crippen molar-refractivity contribution in [2.24, 2.45) is 0 Å². The van der Waals surface area contributed by atoms with Crippen LogP contribution in [-0.2, 0) is 15.5 Å². The minimum absolute atomic E-state index is 0.0981. The predicted octanol–water partition coefficient (Wildman–Crippen LogP) is 4.03. The van der Waals surface area contributed by atoms with Gasteiger partial charge in [0.1, 0.15) is 0 Å². The molecule has 7 heteroatoms. The lowest BCUT2D eigenvalue weighted by atomic mass is 10.0. The Hall–Kier alpha value is -2.41. The Morgan fingerprint density at radius 2 is 1.96 bits per heavy atom. The highest BCUT2D eigenvalue weighted by molar-refractivity contribution is 7.14. The second-order valence-electron chi connectivity index (χ2n) is 5.81. The molecule has 1 aliphatic rings. The third-order valence-corrected chi connectivity index (χ3v) is 4.68. The van der Waals surface area contributed by atoms with E-state index in [9.17, 15) is 18.4 Å². The SMILES string of the molecule is CC(=O)N(c1nc(C=CC(=O)C(F)(F)c2ccccc2)cs1)C1CC1. The highest BCUT2D eigenvalue weighted by Crippen LogP contribution is 2.34. The van der Waals surface area contributed by atoms with Crippen molar-refractivity contribution >= 4 is 34.2 Å². The molecule has 3 rings (SSSR count). The van der Waals surface area contributed by atoms with E-state index in [1.807, 2.05) is 0 Å². The van der Waals surface area contributed by atoms with Gasteiger partial charge in [-0.15, -0.1) is 11.3 Å². The maximum atomic E-state index is 14.1. The van der Waals surface area contributed by atoms with Crippen LogP contribution in [0, 0.1) is 0 Å². The normalized spacial score (nSPS) is 14.7. The summed E-state index contributed by atoms with van der Waals surface area (Å²) in [5.41, 5.74) is 0.0317. The van der Waals surface area contributed by atoms with Crippen LogP contribution >= 0.6 is 11.3 Å². The molecule has 0 radical (unpaired) electrons. The second kappa shape index (κ2) is 6.84. The van der Waals surface area contributed by atoms with E-state index >= 15 is 0 Å². The fourth-order valence-corrected chi connectivity index (χ4v) is 3.31. The van der Waals surface area contributed by atoms with Crippen LogP contribution in [0.4, 0.5) is 13.9 Å². The van der Waals surface area contributed by atoms with Crippen molar-refractivity contribution in [1.82, 2.24) is 4.98 Å². The number of thiazole rings is 1. The summed E-state index contributed by atoms with van der Waals surface area (Å²) in [6.45, 7) is 1.47. The summed E-state index contributed by atoms with van der Waals surface area (Å²) < 4.78 is 28.3. The second-order valence-corrected chi connectivity index (χ2v) is 6.65. The smallest absolute Gasteiger partial charge is 0.288 e. The van der Waals surface area contributed by atoms with Gasteiger partial charge in [0.05, 0.1) is 5.69 Å². The minimum Gasteiger partial charge on any atom is -0.288 e. The molecule has 4 nitrogen and oxygen atoms in total. The van der Waals surface area contributed by atoms with Gasteiger partial charge >= 0.3 is 5.92 Å².